The number of benzene rings is 2. The van der Waals surface area contributed by atoms with Crippen molar-refractivity contribution in [1.29, 1.82) is 0 Å². The van der Waals surface area contributed by atoms with Crippen molar-refractivity contribution in [2.75, 3.05) is 36.4 Å². The van der Waals surface area contributed by atoms with Crippen LogP contribution in [0, 0.1) is 13.8 Å². The molecule has 1 aliphatic heterocycles. The zero-order chi connectivity index (χ0) is 20.2. The molecule has 3 aromatic rings. The number of nitrogens with one attached hydrogen (secondary N) is 1. The number of amides is 1. The number of aromatic nitrogens is 2. The minimum atomic E-state index is 0.0581. The average molecular weight is 387 g/mol. The maximum atomic E-state index is 13.0. The molecule has 0 spiro atoms. The molecule has 0 aliphatic carbocycles. The Labute approximate surface area is 171 Å². The molecule has 148 valence electrons. The summed E-state index contributed by atoms with van der Waals surface area (Å²) in [5.41, 5.74) is 4.50. The molecule has 4 rings (SSSR count). The van der Waals surface area contributed by atoms with Crippen LogP contribution in [0.5, 0.6) is 0 Å². The molecular weight excluding hydrogens is 362 g/mol. The Morgan fingerprint density at radius 1 is 0.862 bits per heavy atom. The summed E-state index contributed by atoms with van der Waals surface area (Å²) in [7, 11) is 0. The van der Waals surface area contributed by atoms with E-state index in [0.29, 0.717) is 24.6 Å². The Bertz CT molecular complexity index is 977. The van der Waals surface area contributed by atoms with Crippen molar-refractivity contribution >= 4 is 23.2 Å². The van der Waals surface area contributed by atoms with Gasteiger partial charge in [-0.3, -0.25) is 4.79 Å². The summed E-state index contributed by atoms with van der Waals surface area (Å²) in [4.78, 5) is 26.1. The van der Waals surface area contributed by atoms with Gasteiger partial charge in [-0.1, -0.05) is 24.3 Å². The van der Waals surface area contributed by atoms with Crippen molar-refractivity contribution in [2.24, 2.45) is 0 Å². The quantitative estimate of drug-likeness (QED) is 0.738. The third-order valence-electron chi connectivity index (χ3n) is 5.04. The highest BCUT2D eigenvalue weighted by Gasteiger charge is 2.22. The first-order chi connectivity index (χ1) is 14.1. The monoisotopic (exact) mass is 387 g/mol. The molecule has 6 nitrogen and oxygen atoms in total. The first kappa shape index (κ1) is 18.9. The molecule has 0 atom stereocenters. The number of carbonyl (C=O) groups is 1. The topological polar surface area (TPSA) is 61.4 Å². The number of nitrogens with zero attached hydrogens (tertiary/aromatic N) is 4. The number of hydrogen-bond donors (Lipinski definition) is 1. The lowest BCUT2D eigenvalue weighted by atomic mass is 10.1. The van der Waals surface area contributed by atoms with Crippen LogP contribution in [-0.2, 0) is 0 Å². The highest BCUT2D eigenvalue weighted by molar-refractivity contribution is 5.95. The van der Waals surface area contributed by atoms with E-state index >= 15 is 0 Å². The molecule has 1 aliphatic rings. The van der Waals surface area contributed by atoms with Gasteiger partial charge >= 0.3 is 0 Å². The smallest absolute Gasteiger partial charge is 0.254 e. The number of aryl methyl sites for hydroxylation is 2. The minimum Gasteiger partial charge on any atom is -0.368 e. The lowest BCUT2D eigenvalue weighted by molar-refractivity contribution is 0.0747. The Balaban J connectivity index is 1.42. The molecule has 1 fully saturated rings. The van der Waals surface area contributed by atoms with Gasteiger partial charge in [-0.25, -0.2) is 9.97 Å². The van der Waals surface area contributed by atoms with E-state index in [4.69, 9.17) is 0 Å². The van der Waals surface area contributed by atoms with Crippen LogP contribution in [-0.4, -0.2) is 47.0 Å². The predicted octanol–water partition coefficient (Wildman–Crippen LogP) is 3.80. The highest BCUT2D eigenvalue weighted by Crippen LogP contribution is 2.19. The zero-order valence-corrected chi connectivity index (χ0v) is 16.8. The number of carbonyl (C=O) groups excluding carboxylic acids is 1. The third-order valence-corrected chi connectivity index (χ3v) is 5.04. The molecule has 1 amide bonds. The molecule has 1 saturated heterocycles. The van der Waals surface area contributed by atoms with Crippen LogP contribution in [0.15, 0.2) is 60.7 Å². The van der Waals surface area contributed by atoms with E-state index < -0.39 is 0 Å². The predicted molar refractivity (Wildman–Crippen MR) is 116 cm³/mol. The van der Waals surface area contributed by atoms with Crippen molar-refractivity contribution in [3.8, 4) is 0 Å². The van der Waals surface area contributed by atoms with Crippen molar-refractivity contribution in [3.05, 3.63) is 77.6 Å². The third kappa shape index (κ3) is 4.54. The summed E-state index contributed by atoms with van der Waals surface area (Å²) in [6, 6.07) is 19.8. The van der Waals surface area contributed by atoms with Crippen molar-refractivity contribution in [3.63, 3.8) is 0 Å². The van der Waals surface area contributed by atoms with Crippen LogP contribution in [0.1, 0.15) is 21.7 Å². The minimum absolute atomic E-state index is 0.0581. The number of rotatable bonds is 4. The molecule has 29 heavy (non-hydrogen) atoms. The zero-order valence-electron chi connectivity index (χ0n) is 16.8. The SMILES string of the molecule is Cc1cc(C)nc(Nc2cccc(C(=O)N3CCN(c4ccccc4)CC3)c2)n1. The van der Waals surface area contributed by atoms with Crippen LogP contribution in [0.4, 0.5) is 17.3 Å². The van der Waals surface area contributed by atoms with Crippen LogP contribution in [0.25, 0.3) is 0 Å². The molecule has 6 heteroatoms. The second-order valence-corrected chi connectivity index (χ2v) is 7.29. The van der Waals surface area contributed by atoms with Crippen LogP contribution in [0.2, 0.25) is 0 Å². The fourth-order valence-corrected chi connectivity index (χ4v) is 3.63. The summed E-state index contributed by atoms with van der Waals surface area (Å²) >= 11 is 0. The maximum absolute atomic E-state index is 13.0. The second kappa shape index (κ2) is 8.31. The van der Waals surface area contributed by atoms with Gasteiger partial charge in [0.05, 0.1) is 0 Å². The summed E-state index contributed by atoms with van der Waals surface area (Å²) in [5.74, 6) is 0.603. The van der Waals surface area contributed by atoms with Gasteiger partial charge in [0.15, 0.2) is 0 Å². The highest BCUT2D eigenvalue weighted by atomic mass is 16.2. The Morgan fingerprint density at radius 2 is 1.55 bits per heavy atom. The number of hydrogen-bond acceptors (Lipinski definition) is 5. The summed E-state index contributed by atoms with van der Waals surface area (Å²) in [5, 5.41) is 3.21. The van der Waals surface area contributed by atoms with E-state index in [1.807, 2.05) is 67.3 Å². The van der Waals surface area contributed by atoms with Crippen LogP contribution >= 0.6 is 0 Å². The molecule has 0 bridgehead atoms. The molecule has 0 radical (unpaired) electrons. The van der Waals surface area contributed by atoms with Gasteiger partial charge in [0, 0.05) is 54.5 Å². The van der Waals surface area contributed by atoms with E-state index in [1.54, 1.807) is 0 Å². The first-order valence-corrected chi connectivity index (χ1v) is 9.87. The second-order valence-electron chi connectivity index (χ2n) is 7.29. The molecule has 2 heterocycles. The van der Waals surface area contributed by atoms with E-state index in [9.17, 15) is 4.79 Å². The maximum Gasteiger partial charge on any atom is 0.254 e. The van der Waals surface area contributed by atoms with Gasteiger partial charge in [-0.05, 0) is 50.2 Å². The van der Waals surface area contributed by atoms with E-state index in [1.165, 1.54) is 5.69 Å². The number of anilines is 3. The van der Waals surface area contributed by atoms with Gasteiger partial charge in [-0.2, -0.15) is 0 Å². The molecule has 2 aromatic carbocycles. The molecule has 1 N–H and O–H groups in total. The molecule has 0 unspecified atom stereocenters. The molecule has 1 aromatic heterocycles. The largest absolute Gasteiger partial charge is 0.368 e. The lowest BCUT2D eigenvalue weighted by Gasteiger charge is -2.36. The van der Waals surface area contributed by atoms with Crippen LogP contribution in [0.3, 0.4) is 0 Å². The molecule has 0 saturated carbocycles. The van der Waals surface area contributed by atoms with Crippen molar-refractivity contribution in [1.82, 2.24) is 14.9 Å². The van der Waals surface area contributed by atoms with E-state index in [-0.39, 0.29) is 5.91 Å². The normalized spacial score (nSPS) is 14.0. The fourth-order valence-electron chi connectivity index (χ4n) is 3.63. The van der Waals surface area contributed by atoms with Crippen molar-refractivity contribution < 1.29 is 4.79 Å². The Hall–Kier alpha value is -3.41. The van der Waals surface area contributed by atoms with Gasteiger partial charge in [0.1, 0.15) is 0 Å². The lowest BCUT2D eigenvalue weighted by Crippen LogP contribution is -2.48. The first-order valence-electron chi connectivity index (χ1n) is 9.87. The van der Waals surface area contributed by atoms with Crippen molar-refractivity contribution in [2.45, 2.75) is 13.8 Å². The fraction of sp³-hybridized carbons (Fsp3) is 0.261. The van der Waals surface area contributed by atoms with E-state index in [2.05, 4.69) is 32.3 Å². The summed E-state index contributed by atoms with van der Waals surface area (Å²) in [6.07, 6.45) is 0. The number of piperazine rings is 1. The average Bonchev–Trinajstić information content (AvgIpc) is 2.73. The Kier molecular flexibility index (Phi) is 5.42. The van der Waals surface area contributed by atoms with Crippen LogP contribution < -0.4 is 10.2 Å². The Morgan fingerprint density at radius 3 is 2.24 bits per heavy atom. The standard InChI is InChI=1S/C23H25N5O/c1-17-15-18(2)25-23(24-17)26-20-8-6-7-19(16-20)22(29)28-13-11-27(12-14-28)21-9-4-3-5-10-21/h3-10,15-16H,11-14H2,1-2H3,(H,24,25,26). The number of para-hydroxylation sites is 1. The van der Waals surface area contributed by atoms with Gasteiger partial charge in [0.2, 0.25) is 5.95 Å². The molecular formula is C23H25N5O. The summed E-state index contributed by atoms with van der Waals surface area (Å²) in [6.45, 7) is 6.98. The van der Waals surface area contributed by atoms with E-state index in [0.717, 1.165) is 30.2 Å². The summed E-state index contributed by atoms with van der Waals surface area (Å²) < 4.78 is 0. The van der Waals surface area contributed by atoms with Gasteiger partial charge in [0.25, 0.3) is 5.91 Å². The van der Waals surface area contributed by atoms with Gasteiger partial charge < -0.3 is 15.1 Å². The van der Waals surface area contributed by atoms with Gasteiger partial charge in [-0.15, -0.1) is 0 Å².